The van der Waals surface area contributed by atoms with E-state index in [9.17, 15) is 18.7 Å². The summed E-state index contributed by atoms with van der Waals surface area (Å²) in [5.41, 5.74) is 2.20. The van der Waals surface area contributed by atoms with Crippen molar-refractivity contribution in [1.82, 2.24) is 5.32 Å². The van der Waals surface area contributed by atoms with Crippen LogP contribution in [0.3, 0.4) is 0 Å². The van der Waals surface area contributed by atoms with Crippen LogP contribution in [-0.2, 0) is 0 Å². The number of carboxylic acid groups (broad SMARTS) is 1. The third kappa shape index (κ3) is 5.32. The van der Waals surface area contributed by atoms with Crippen molar-refractivity contribution in [3.05, 3.63) is 94.6 Å². The molecule has 0 radical (unpaired) electrons. The van der Waals surface area contributed by atoms with E-state index in [4.69, 9.17) is 9.47 Å². The van der Waals surface area contributed by atoms with Crippen LogP contribution in [0.15, 0.2) is 60.7 Å². The van der Waals surface area contributed by atoms with Crippen LogP contribution < -0.4 is 14.8 Å². The van der Waals surface area contributed by atoms with E-state index >= 15 is 0 Å². The number of hydrogen-bond donors (Lipinski definition) is 2. The van der Waals surface area contributed by atoms with Crippen LogP contribution >= 0.6 is 12.4 Å². The van der Waals surface area contributed by atoms with Crippen LogP contribution in [0.2, 0.25) is 0 Å². The molecule has 2 unspecified atom stereocenters. The number of benzene rings is 3. The molecule has 0 saturated heterocycles. The molecule has 4 rings (SSSR count). The molecule has 0 saturated carbocycles. The predicted molar refractivity (Wildman–Crippen MR) is 127 cm³/mol. The zero-order chi connectivity index (χ0) is 23.5. The van der Waals surface area contributed by atoms with Gasteiger partial charge < -0.3 is 19.9 Å². The maximum Gasteiger partial charge on any atom is 0.338 e. The van der Waals surface area contributed by atoms with Crippen molar-refractivity contribution in [2.45, 2.75) is 31.4 Å². The van der Waals surface area contributed by atoms with Gasteiger partial charge in [0.05, 0.1) is 12.7 Å². The molecule has 0 amide bonds. The lowest BCUT2D eigenvalue weighted by Gasteiger charge is -2.33. The molecule has 5 nitrogen and oxygen atoms in total. The van der Waals surface area contributed by atoms with Gasteiger partial charge in [-0.2, -0.15) is 0 Å². The summed E-state index contributed by atoms with van der Waals surface area (Å²) in [5, 5.41) is 12.8. The molecule has 0 spiro atoms. The highest BCUT2D eigenvalue weighted by Crippen LogP contribution is 2.40. The van der Waals surface area contributed by atoms with Gasteiger partial charge in [0.2, 0.25) is 0 Å². The number of fused-ring (bicyclic) bond motifs is 1. The molecule has 0 fully saturated rings. The fraction of sp³-hybridized carbons (Fsp3) is 0.269. The number of carbonyl (C=O) groups is 1. The van der Waals surface area contributed by atoms with Crippen molar-refractivity contribution in [1.29, 1.82) is 0 Å². The minimum absolute atomic E-state index is 0. The number of aromatic carboxylic acids is 1. The Balaban J connectivity index is 0.00000324. The Hall–Kier alpha value is -3.16. The highest BCUT2D eigenvalue weighted by molar-refractivity contribution is 5.88. The average Bonchev–Trinajstić information content (AvgIpc) is 2.82. The summed E-state index contributed by atoms with van der Waals surface area (Å²) in [6, 6.07) is 16.5. The van der Waals surface area contributed by atoms with Crippen LogP contribution in [0.4, 0.5) is 8.78 Å². The van der Waals surface area contributed by atoms with E-state index in [-0.39, 0.29) is 41.8 Å². The maximum absolute atomic E-state index is 14.0. The van der Waals surface area contributed by atoms with Gasteiger partial charge in [-0.15, -0.1) is 12.4 Å². The maximum atomic E-state index is 14.0. The molecule has 0 aliphatic carbocycles. The second kappa shape index (κ2) is 10.8. The van der Waals surface area contributed by atoms with Crippen LogP contribution in [0.1, 0.15) is 52.4 Å². The molecule has 2 N–H and O–H groups in total. The highest BCUT2D eigenvalue weighted by Gasteiger charge is 2.30. The summed E-state index contributed by atoms with van der Waals surface area (Å²) in [7, 11) is 1.43. The van der Waals surface area contributed by atoms with Gasteiger partial charge in [-0.05, 0) is 54.8 Å². The first-order chi connectivity index (χ1) is 15.9. The number of rotatable bonds is 7. The van der Waals surface area contributed by atoms with E-state index in [0.717, 1.165) is 22.4 Å². The Morgan fingerprint density at radius 3 is 2.62 bits per heavy atom. The first-order valence-electron chi connectivity index (χ1n) is 10.7. The normalized spacial score (nSPS) is 17.6. The number of methoxy groups -OCH3 is 1. The summed E-state index contributed by atoms with van der Waals surface area (Å²) < 4.78 is 39.0. The summed E-state index contributed by atoms with van der Waals surface area (Å²) in [5.74, 6) is -1.69. The van der Waals surface area contributed by atoms with E-state index < -0.39 is 17.6 Å². The molecule has 3 aromatic carbocycles. The number of hydrogen-bond acceptors (Lipinski definition) is 4. The monoisotopic (exact) mass is 489 g/mol. The first-order valence-corrected chi connectivity index (χ1v) is 10.7. The van der Waals surface area contributed by atoms with Crippen molar-refractivity contribution in [2.24, 2.45) is 0 Å². The van der Waals surface area contributed by atoms with Gasteiger partial charge in [-0.3, -0.25) is 0 Å². The van der Waals surface area contributed by atoms with E-state index in [0.29, 0.717) is 13.0 Å². The fourth-order valence-corrected chi connectivity index (χ4v) is 4.23. The molecule has 3 atom stereocenters. The van der Waals surface area contributed by atoms with Gasteiger partial charge in [0.25, 0.3) is 0 Å². The average molecular weight is 490 g/mol. The van der Waals surface area contributed by atoms with Crippen LogP contribution in [-0.4, -0.2) is 30.8 Å². The lowest BCUT2D eigenvalue weighted by atomic mass is 9.83. The molecule has 3 aromatic rings. The first kappa shape index (κ1) is 25.5. The fourth-order valence-electron chi connectivity index (χ4n) is 4.23. The number of nitrogens with one attached hydrogen (secondary N) is 1. The van der Waals surface area contributed by atoms with Crippen LogP contribution in [0.25, 0.3) is 0 Å². The van der Waals surface area contributed by atoms with Gasteiger partial charge in [0.1, 0.15) is 17.7 Å². The second-order valence-electron chi connectivity index (χ2n) is 8.13. The Labute approximate surface area is 203 Å². The van der Waals surface area contributed by atoms with Gasteiger partial charge in [-0.1, -0.05) is 30.3 Å². The number of carboxylic acids is 1. The minimum Gasteiger partial charge on any atom is -0.494 e. The Kier molecular flexibility index (Phi) is 8.12. The Morgan fingerprint density at radius 2 is 1.88 bits per heavy atom. The SMILES string of the molecule is COc1cc([C@@H](C)NCC2CC(c3ccc(F)c(C(=O)O)c3)c3ccccc3O2)ccc1F.Cl. The molecule has 34 heavy (non-hydrogen) atoms. The molecule has 0 aromatic heterocycles. The predicted octanol–water partition coefficient (Wildman–Crippen LogP) is 5.73. The van der Waals surface area contributed by atoms with Crippen molar-refractivity contribution >= 4 is 18.4 Å². The zero-order valence-corrected chi connectivity index (χ0v) is 19.6. The highest BCUT2D eigenvalue weighted by atomic mass is 35.5. The quantitative estimate of drug-likeness (QED) is 0.444. The summed E-state index contributed by atoms with van der Waals surface area (Å²) in [4.78, 5) is 11.4. The van der Waals surface area contributed by atoms with Crippen molar-refractivity contribution in [3.8, 4) is 11.5 Å². The van der Waals surface area contributed by atoms with Gasteiger partial charge in [0.15, 0.2) is 11.6 Å². The van der Waals surface area contributed by atoms with E-state index in [1.165, 1.54) is 25.3 Å². The van der Waals surface area contributed by atoms with E-state index in [1.807, 2.05) is 31.2 Å². The third-order valence-corrected chi connectivity index (χ3v) is 6.04. The smallest absolute Gasteiger partial charge is 0.338 e. The second-order valence-corrected chi connectivity index (χ2v) is 8.13. The van der Waals surface area contributed by atoms with Gasteiger partial charge in [-0.25, -0.2) is 13.6 Å². The largest absolute Gasteiger partial charge is 0.494 e. The topological polar surface area (TPSA) is 67.8 Å². The zero-order valence-electron chi connectivity index (χ0n) is 18.8. The number of para-hydroxylation sites is 1. The van der Waals surface area contributed by atoms with Gasteiger partial charge >= 0.3 is 5.97 Å². The van der Waals surface area contributed by atoms with Crippen molar-refractivity contribution in [2.75, 3.05) is 13.7 Å². The molecule has 8 heteroatoms. The lowest BCUT2D eigenvalue weighted by Crippen LogP contribution is -2.37. The Morgan fingerprint density at radius 1 is 1.15 bits per heavy atom. The van der Waals surface area contributed by atoms with Crippen LogP contribution in [0.5, 0.6) is 11.5 Å². The van der Waals surface area contributed by atoms with Gasteiger partial charge in [0, 0.05) is 24.1 Å². The Bertz CT molecular complexity index is 1170. The molecule has 1 heterocycles. The van der Waals surface area contributed by atoms with Crippen molar-refractivity contribution < 1.29 is 28.2 Å². The lowest BCUT2D eigenvalue weighted by molar-refractivity contribution is 0.0691. The summed E-state index contributed by atoms with van der Waals surface area (Å²) >= 11 is 0. The molecule has 1 aliphatic heterocycles. The molecular weight excluding hydrogens is 464 g/mol. The van der Waals surface area contributed by atoms with E-state index in [1.54, 1.807) is 18.2 Å². The molecular formula is C26H26ClF2NO4. The molecule has 1 aliphatic rings. The van der Waals surface area contributed by atoms with E-state index in [2.05, 4.69) is 5.32 Å². The minimum atomic E-state index is -1.29. The molecule has 0 bridgehead atoms. The summed E-state index contributed by atoms with van der Waals surface area (Å²) in [6.07, 6.45) is 0.391. The number of ether oxygens (including phenoxy) is 2. The third-order valence-electron chi connectivity index (χ3n) is 6.04. The molecule has 180 valence electrons. The van der Waals surface area contributed by atoms with Crippen molar-refractivity contribution in [3.63, 3.8) is 0 Å². The summed E-state index contributed by atoms with van der Waals surface area (Å²) in [6.45, 7) is 2.48. The van der Waals surface area contributed by atoms with Crippen LogP contribution in [0, 0.1) is 11.6 Å². The number of halogens is 3. The standard InChI is InChI=1S/C26H25F2NO4.ClH/c1-15(16-7-10-23(28)25(12-16)32-2)29-14-18-13-20(19-5-3-4-6-24(19)33-18)17-8-9-22(27)21(11-17)26(30)31;/h3-12,15,18,20,29H,13-14H2,1-2H3,(H,30,31);1H/t15-,18?,20?;/m1./s1.